The van der Waals surface area contributed by atoms with Crippen LogP contribution in [0.5, 0.6) is 11.6 Å². The third-order valence-corrected chi connectivity index (χ3v) is 3.62. The number of carbonyl (C=O) groups is 2. The van der Waals surface area contributed by atoms with E-state index >= 15 is 0 Å². The number of amides is 2. The predicted octanol–water partition coefficient (Wildman–Crippen LogP) is 3.26. The van der Waals surface area contributed by atoms with Crippen molar-refractivity contribution in [3.05, 3.63) is 48.2 Å². The molecule has 0 saturated carbocycles. The lowest BCUT2D eigenvalue weighted by atomic mass is 10.0. The SMILES string of the molecule is CC(C)(C)OC(=O)N[C@H]1Cc2cc(Oc3ccccc3)ncc2NC1=O. The molecule has 2 amide bonds. The van der Waals surface area contributed by atoms with Crippen molar-refractivity contribution in [2.75, 3.05) is 5.32 Å². The van der Waals surface area contributed by atoms with Crippen LogP contribution in [0.15, 0.2) is 42.6 Å². The fourth-order valence-corrected chi connectivity index (χ4v) is 2.52. The van der Waals surface area contributed by atoms with Gasteiger partial charge in [-0.1, -0.05) is 18.2 Å². The van der Waals surface area contributed by atoms with Crippen LogP contribution in [0.25, 0.3) is 0 Å². The molecule has 26 heavy (non-hydrogen) atoms. The van der Waals surface area contributed by atoms with Crippen LogP contribution >= 0.6 is 0 Å². The lowest BCUT2D eigenvalue weighted by Gasteiger charge is -2.27. The first-order valence-electron chi connectivity index (χ1n) is 8.32. The monoisotopic (exact) mass is 355 g/mol. The topological polar surface area (TPSA) is 89.6 Å². The molecule has 1 aliphatic rings. The highest BCUT2D eigenvalue weighted by atomic mass is 16.6. The van der Waals surface area contributed by atoms with Crippen molar-refractivity contribution in [3.63, 3.8) is 0 Å². The van der Waals surface area contributed by atoms with Gasteiger partial charge in [-0.2, -0.15) is 0 Å². The molecule has 1 aliphatic heterocycles. The Labute approximate surface area is 151 Å². The number of ether oxygens (including phenoxy) is 2. The lowest BCUT2D eigenvalue weighted by molar-refractivity contribution is -0.118. The fraction of sp³-hybridized carbons (Fsp3) is 0.316. The van der Waals surface area contributed by atoms with Gasteiger partial charge < -0.3 is 20.1 Å². The van der Waals surface area contributed by atoms with E-state index in [4.69, 9.17) is 9.47 Å². The molecule has 2 heterocycles. The van der Waals surface area contributed by atoms with Gasteiger partial charge in [-0.25, -0.2) is 9.78 Å². The van der Waals surface area contributed by atoms with Crippen LogP contribution < -0.4 is 15.4 Å². The van der Waals surface area contributed by atoms with Crippen LogP contribution in [0.3, 0.4) is 0 Å². The van der Waals surface area contributed by atoms with Crippen molar-refractivity contribution in [2.45, 2.75) is 38.8 Å². The number of para-hydroxylation sites is 1. The summed E-state index contributed by atoms with van der Waals surface area (Å²) in [5.74, 6) is 0.784. The zero-order valence-electron chi connectivity index (χ0n) is 14.9. The van der Waals surface area contributed by atoms with Gasteiger partial charge in [0, 0.05) is 12.5 Å². The number of hydrogen-bond acceptors (Lipinski definition) is 5. The lowest BCUT2D eigenvalue weighted by Crippen LogP contribution is -2.49. The Morgan fingerprint density at radius 3 is 2.69 bits per heavy atom. The molecule has 0 aliphatic carbocycles. The van der Waals surface area contributed by atoms with E-state index in [0.29, 0.717) is 23.7 Å². The van der Waals surface area contributed by atoms with Crippen LogP contribution in [0, 0.1) is 0 Å². The summed E-state index contributed by atoms with van der Waals surface area (Å²) in [7, 11) is 0. The van der Waals surface area contributed by atoms with E-state index in [1.807, 2.05) is 30.3 Å². The van der Waals surface area contributed by atoms with Gasteiger partial charge in [-0.3, -0.25) is 4.79 Å². The summed E-state index contributed by atoms with van der Waals surface area (Å²) in [5, 5.41) is 5.34. The van der Waals surface area contributed by atoms with E-state index in [-0.39, 0.29) is 5.91 Å². The highest BCUT2D eigenvalue weighted by molar-refractivity contribution is 5.99. The van der Waals surface area contributed by atoms with Gasteiger partial charge >= 0.3 is 6.09 Å². The van der Waals surface area contributed by atoms with Gasteiger partial charge in [0.25, 0.3) is 0 Å². The van der Waals surface area contributed by atoms with E-state index in [1.165, 1.54) is 0 Å². The Hall–Kier alpha value is -3.09. The van der Waals surface area contributed by atoms with Gasteiger partial charge in [0.1, 0.15) is 17.4 Å². The maximum absolute atomic E-state index is 12.2. The molecule has 0 unspecified atom stereocenters. The number of anilines is 1. The molecule has 1 aromatic carbocycles. The molecule has 0 spiro atoms. The molecular formula is C19H21N3O4. The quantitative estimate of drug-likeness (QED) is 0.882. The molecule has 3 rings (SSSR count). The van der Waals surface area contributed by atoms with Crippen LogP contribution in [-0.2, 0) is 16.0 Å². The molecule has 2 N–H and O–H groups in total. The number of alkyl carbamates (subject to hydrolysis) is 1. The molecule has 7 nitrogen and oxygen atoms in total. The Bertz CT molecular complexity index is 815. The Morgan fingerprint density at radius 1 is 1.27 bits per heavy atom. The normalized spacial score (nSPS) is 16.3. The summed E-state index contributed by atoms with van der Waals surface area (Å²) in [5.41, 5.74) is 0.803. The second-order valence-corrected chi connectivity index (χ2v) is 6.99. The van der Waals surface area contributed by atoms with Gasteiger partial charge in [0.05, 0.1) is 11.9 Å². The zero-order valence-corrected chi connectivity index (χ0v) is 14.9. The second-order valence-electron chi connectivity index (χ2n) is 6.99. The van der Waals surface area contributed by atoms with E-state index in [9.17, 15) is 9.59 Å². The van der Waals surface area contributed by atoms with E-state index in [1.54, 1.807) is 33.0 Å². The predicted molar refractivity (Wildman–Crippen MR) is 96.2 cm³/mol. The van der Waals surface area contributed by atoms with Gasteiger partial charge in [-0.15, -0.1) is 0 Å². The number of aromatic nitrogens is 1. The van der Waals surface area contributed by atoms with Crippen molar-refractivity contribution in [1.82, 2.24) is 10.3 Å². The largest absolute Gasteiger partial charge is 0.444 e. The van der Waals surface area contributed by atoms with Crippen molar-refractivity contribution < 1.29 is 19.1 Å². The first-order valence-corrected chi connectivity index (χ1v) is 8.32. The van der Waals surface area contributed by atoms with Crippen molar-refractivity contribution in [3.8, 4) is 11.6 Å². The molecule has 0 bridgehead atoms. The number of fused-ring (bicyclic) bond motifs is 1. The van der Waals surface area contributed by atoms with Crippen LogP contribution in [0.4, 0.5) is 10.5 Å². The third kappa shape index (κ3) is 4.50. The maximum Gasteiger partial charge on any atom is 0.408 e. The minimum absolute atomic E-state index is 0.304. The van der Waals surface area contributed by atoms with Gasteiger partial charge in [0.2, 0.25) is 11.8 Å². The Balaban J connectivity index is 1.72. The number of nitrogens with one attached hydrogen (secondary N) is 2. The highest BCUT2D eigenvalue weighted by Gasteiger charge is 2.29. The van der Waals surface area contributed by atoms with Gasteiger partial charge in [0.15, 0.2) is 0 Å². The standard InChI is InChI=1S/C19H21N3O4/c1-19(2,3)26-18(24)22-14-9-12-10-16(20-11-15(12)21-17(14)23)25-13-7-5-4-6-8-13/h4-8,10-11,14H,9H2,1-3H3,(H,21,23)(H,22,24)/t14-/m0/s1. The van der Waals surface area contributed by atoms with Crippen molar-refractivity contribution in [1.29, 1.82) is 0 Å². The summed E-state index contributed by atoms with van der Waals surface area (Å²) < 4.78 is 10.9. The van der Waals surface area contributed by atoms with Crippen molar-refractivity contribution >= 4 is 17.7 Å². The summed E-state index contributed by atoms with van der Waals surface area (Å²) in [6, 6.07) is 10.3. The fourth-order valence-electron chi connectivity index (χ4n) is 2.52. The second kappa shape index (κ2) is 7.03. The Kier molecular flexibility index (Phi) is 4.79. The number of hydrogen-bond donors (Lipinski definition) is 2. The first kappa shape index (κ1) is 17.7. The third-order valence-electron chi connectivity index (χ3n) is 3.62. The summed E-state index contributed by atoms with van der Waals surface area (Å²) >= 11 is 0. The average molecular weight is 355 g/mol. The molecule has 0 saturated heterocycles. The molecule has 0 fully saturated rings. The molecule has 2 aromatic rings. The number of carbonyl (C=O) groups excluding carboxylic acids is 2. The molecule has 1 atom stereocenters. The van der Waals surface area contributed by atoms with Crippen molar-refractivity contribution in [2.24, 2.45) is 0 Å². The average Bonchev–Trinajstić information content (AvgIpc) is 2.55. The number of benzene rings is 1. The molecular weight excluding hydrogens is 334 g/mol. The van der Waals surface area contributed by atoms with E-state index < -0.39 is 17.7 Å². The summed E-state index contributed by atoms with van der Waals surface area (Å²) in [6.07, 6.45) is 1.25. The van der Waals surface area contributed by atoms with E-state index in [2.05, 4.69) is 15.6 Å². The maximum atomic E-state index is 12.2. The molecule has 7 heteroatoms. The molecule has 1 aromatic heterocycles. The highest BCUT2D eigenvalue weighted by Crippen LogP contribution is 2.27. The number of rotatable bonds is 3. The van der Waals surface area contributed by atoms with E-state index in [0.717, 1.165) is 5.56 Å². The molecule has 136 valence electrons. The number of pyridine rings is 1. The smallest absolute Gasteiger partial charge is 0.408 e. The van der Waals surface area contributed by atoms with Gasteiger partial charge in [-0.05, 0) is 38.5 Å². The van der Waals surface area contributed by atoms with Crippen LogP contribution in [0.2, 0.25) is 0 Å². The zero-order chi connectivity index (χ0) is 18.7. The minimum Gasteiger partial charge on any atom is -0.444 e. The minimum atomic E-state index is -0.718. The summed E-state index contributed by atoms with van der Waals surface area (Å²) in [6.45, 7) is 5.30. The first-order chi connectivity index (χ1) is 12.3. The molecule has 0 radical (unpaired) electrons. The van der Waals surface area contributed by atoms with Crippen LogP contribution in [0.1, 0.15) is 26.3 Å². The summed E-state index contributed by atoms with van der Waals surface area (Å²) in [4.78, 5) is 28.3. The Morgan fingerprint density at radius 2 is 2.00 bits per heavy atom. The number of nitrogens with zero attached hydrogens (tertiary/aromatic N) is 1. The van der Waals surface area contributed by atoms with Crippen LogP contribution in [-0.4, -0.2) is 28.6 Å².